The van der Waals surface area contributed by atoms with Crippen LogP contribution < -0.4 is 5.32 Å². The van der Waals surface area contributed by atoms with Crippen LogP contribution >= 0.6 is 11.3 Å². The first-order chi connectivity index (χ1) is 8.74. The highest BCUT2D eigenvalue weighted by molar-refractivity contribution is 7.14. The van der Waals surface area contributed by atoms with E-state index in [1.807, 2.05) is 0 Å². The SMILES string of the molecule is CCNC(CC)c1nnc(-c2cncc(F)c2)s1. The Morgan fingerprint density at radius 1 is 1.33 bits per heavy atom. The second-order valence-corrected chi connectivity index (χ2v) is 4.86. The summed E-state index contributed by atoms with van der Waals surface area (Å²) in [5, 5.41) is 13.2. The number of pyridine rings is 1. The number of hydrogen-bond acceptors (Lipinski definition) is 5. The molecule has 2 aromatic rings. The van der Waals surface area contributed by atoms with Gasteiger partial charge in [0.15, 0.2) is 0 Å². The van der Waals surface area contributed by atoms with Gasteiger partial charge in [-0.3, -0.25) is 4.98 Å². The Morgan fingerprint density at radius 2 is 2.17 bits per heavy atom. The summed E-state index contributed by atoms with van der Waals surface area (Å²) in [6.45, 7) is 5.04. The molecule has 1 unspecified atom stereocenters. The molecule has 2 aromatic heterocycles. The highest BCUT2D eigenvalue weighted by Crippen LogP contribution is 2.27. The molecular weight excluding hydrogens is 251 g/mol. The molecule has 0 fully saturated rings. The lowest BCUT2D eigenvalue weighted by atomic mass is 10.2. The van der Waals surface area contributed by atoms with Gasteiger partial charge in [-0.15, -0.1) is 10.2 Å². The van der Waals surface area contributed by atoms with Crippen LogP contribution in [0.3, 0.4) is 0 Å². The molecule has 0 aliphatic heterocycles. The van der Waals surface area contributed by atoms with Gasteiger partial charge < -0.3 is 5.32 Å². The number of rotatable bonds is 5. The maximum atomic E-state index is 13.1. The molecule has 6 heteroatoms. The van der Waals surface area contributed by atoms with Crippen LogP contribution in [-0.4, -0.2) is 21.7 Å². The van der Waals surface area contributed by atoms with Gasteiger partial charge in [0, 0.05) is 11.8 Å². The summed E-state index contributed by atoms with van der Waals surface area (Å²) >= 11 is 1.48. The van der Waals surface area contributed by atoms with E-state index in [-0.39, 0.29) is 11.9 Å². The monoisotopic (exact) mass is 266 g/mol. The zero-order chi connectivity index (χ0) is 13.0. The summed E-state index contributed by atoms with van der Waals surface area (Å²) in [6, 6.07) is 1.63. The minimum absolute atomic E-state index is 0.211. The number of halogens is 1. The first kappa shape index (κ1) is 13.0. The van der Waals surface area contributed by atoms with Gasteiger partial charge in [-0.25, -0.2) is 4.39 Å². The fourth-order valence-corrected chi connectivity index (χ4v) is 2.66. The molecule has 0 saturated heterocycles. The zero-order valence-electron chi connectivity index (χ0n) is 10.4. The van der Waals surface area contributed by atoms with E-state index in [2.05, 4.69) is 34.3 Å². The Labute approximate surface area is 109 Å². The number of nitrogens with one attached hydrogen (secondary N) is 1. The Morgan fingerprint density at radius 3 is 2.83 bits per heavy atom. The van der Waals surface area contributed by atoms with Gasteiger partial charge in [0.05, 0.1) is 12.2 Å². The maximum Gasteiger partial charge on any atom is 0.149 e. The minimum atomic E-state index is -0.358. The van der Waals surface area contributed by atoms with E-state index >= 15 is 0 Å². The van der Waals surface area contributed by atoms with E-state index in [9.17, 15) is 4.39 Å². The third kappa shape index (κ3) is 2.88. The molecule has 0 amide bonds. The van der Waals surface area contributed by atoms with Crippen molar-refractivity contribution in [1.82, 2.24) is 20.5 Å². The molecule has 18 heavy (non-hydrogen) atoms. The Bertz CT molecular complexity index is 514. The van der Waals surface area contributed by atoms with E-state index in [0.717, 1.165) is 18.0 Å². The fourth-order valence-electron chi connectivity index (χ4n) is 1.67. The van der Waals surface area contributed by atoms with E-state index < -0.39 is 0 Å². The Kier molecular flexibility index (Phi) is 4.33. The van der Waals surface area contributed by atoms with E-state index in [0.29, 0.717) is 10.6 Å². The first-order valence-electron chi connectivity index (χ1n) is 5.92. The van der Waals surface area contributed by atoms with Crippen molar-refractivity contribution in [2.45, 2.75) is 26.3 Å². The van der Waals surface area contributed by atoms with E-state index in [1.54, 1.807) is 6.20 Å². The fraction of sp³-hybridized carbons (Fsp3) is 0.417. The van der Waals surface area contributed by atoms with Crippen LogP contribution in [0.4, 0.5) is 4.39 Å². The molecule has 1 atom stereocenters. The summed E-state index contributed by atoms with van der Waals surface area (Å²) in [5.74, 6) is -0.358. The second-order valence-electron chi connectivity index (χ2n) is 3.86. The average molecular weight is 266 g/mol. The standard InChI is InChI=1S/C12H15FN4S/c1-3-10(15-4-2)12-17-16-11(18-12)8-5-9(13)7-14-6-8/h5-7,10,15H,3-4H2,1-2H3. The van der Waals surface area contributed by atoms with Gasteiger partial charge in [0.1, 0.15) is 15.8 Å². The smallest absolute Gasteiger partial charge is 0.149 e. The molecule has 0 spiro atoms. The molecule has 1 N–H and O–H groups in total. The zero-order valence-corrected chi connectivity index (χ0v) is 11.2. The molecule has 4 nitrogen and oxygen atoms in total. The molecule has 0 aromatic carbocycles. The predicted molar refractivity (Wildman–Crippen MR) is 69.8 cm³/mol. The Hall–Kier alpha value is -1.40. The molecule has 0 radical (unpaired) electrons. The minimum Gasteiger partial charge on any atom is -0.308 e. The van der Waals surface area contributed by atoms with Gasteiger partial charge in [-0.2, -0.15) is 0 Å². The van der Waals surface area contributed by atoms with Crippen LogP contribution in [0.2, 0.25) is 0 Å². The summed E-state index contributed by atoms with van der Waals surface area (Å²) in [4.78, 5) is 3.82. The van der Waals surface area contributed by atoms with Crippen molar-refractivity contribution in [3.63, 3.8) is 0 Å². The molecular formula is C12H15FN4S. The van der Waals surface area contributed by atoms with Crippen molar-refractivity contribution in [1.29, 1.82) is 0 Å². The summed E-state index contributed by atoms with van der Waals surface area (Å²) in [5.41, 5.74) is 0.671. The number of hydrogen-bond donors (Lipinski definition) is 1. The lowest BCUT2D eigenvalue weighted by Crippen LogP contribution is -2.19. The van der Waals surface area contributed by atoms with Gasteiger partial charge in [-0.1, -0.05) is 25.2 Å². The molecule has 0 bridgehead atoms. The molecule has 0 aliphatic rings. The molecule has 2 heterocycles. The summed E-state index contributed by atoms with van der Waals surface area (Å²) < 4.78 is 13.1. The van der Waals surface area contributed by atoms with Crippen molar-refractivity contribution >= 4 is 11.3 Å². The molecule has 2 rings (SSSR count). The number of aromatic nitrogens is 3. The highest BCUT2D eigenvalue weighted by atomic mass is 32.1. The highest BCUT2D eigenvalue weighted by Gasteiger charge is 2.15. The predicted octanol–water partition coefficient (Wildman–Crippen LogP) is 2.80. The summed E-state index contributed by atoms with van der Waals surface area (Å²) in [7, 11) is 0. The van der Waals surface area contributed by atoms with Crippen molar-refractivity contribution < 1.29 is 4.39 Å². The topological polar surface area (TPSA) is 50.7 Å². The molecule has 96 valence electrons. The normalized spacial score (nSPS) is 12.6. The lowest BCUT2D eigenvalue weighted by molar-refractivity contribution is 0.531. The van der Waals surface area contributed by atoms with Gasteiger partial charge in [-0.05, 0) is 19.0 Å². The molecule has 0 saturated carbocycles. The Balaban J connectivity index is 2.24. The van der Waals surface area contributed by atoms with Crippen LogP contribution in [0.1, 0.15) is 31.3 Å². The largest absolute Gasteiger partial charge is 0.308 e. The maximum absolute atomic E-state index is 13.1. The summed E-state index contributed by atoms with van der Waals surface area (Å²) in [6.07, 6.45) is 3.73. The average Bonchev–Trinajstić information content (AvgIpc) is 2.85. The quantitative estimate of drug-likeness (QED) is 0.904. The van der Waals surface area contributed by atoms with Crippen LogP contribution in [0.5, 0.6) is 0 Å². The third-order valence-electron chi connectivity index (χ3n) is 2.55. The van der Waals surface area contributed by atoms with Crippen LogP contribution in [0.25, 0.3) is 10.6 Å². The van der Waals surface area contributed by atoms with Crippen LogP contribution in [0.15, 0.2) is 18.5 Å². The lowest BCUT2D eigenvalue weighted by Gasteiger charge is -2.10. The number of nitrogens with zero attached hydrogens (tertiary/aromatic N) is 3. The van der Waals surface area contributed by atoms with Crippen LogP contribution in [-0.2, 0) is 0 Å². The molecule has 0 aliphatic carbocycles. The van der Waals surface area contributed by atoms with Gasteiger partial charge in [0.2, 0.25) is 0 Å². The van der Waals surface area contributed by atoms with Gasteiger partial charge >= 0.3 is 0 Å². The van der Waals surface area contributed by atoms with Crippen molar-refractivity contribution in [3.8, 4) is 10.6 Å². The van der Waals surface area contributed by atoms with E-state index in [1.165, 1.54) is 23.6 Å². The van der Waals surface area contributed by atoms with Crippen molar-refractivity contribution in [3.05, 3.63) is 29.3 Å². The third-order valence-corrected chi connectivity index (χ3v) is 3.64. The van der Waals surface area contributed by atoms with Crippen LogP contribution in [0, 0.1) is 5.82 Å². The van der Waals surface area contributed by atoms with Crippen molar-refractivity contribution in [2.75, 3.05) is 6.54 Å². The van der Waals surface area contributed by atoms with Crippen molar-refractivity contribution in [2.24, 2.45) is 0 Å². The van der Waals surface area contributed by atoms with Gasteiger partial charge in [0.25, 0.3) is 0 Å². The van der Waals surface area contributed by atoms with E-state index in [4.69, 9.17) is 0 Å². The second kappa shape index (κ2) is 5.97. The first-order valence-corrected chi connectivity index (χ1v) is 6.74.